The second kappa shape index (κ2) is 4.39. The van der Waals surface area contributed by atoms with Crippen LogP contribution in [0.15, 0.2) is 0 Å². The Morgan fingerprint density at radius 1 is 1.22 bits per heavy atom. The van der Waals surface area contributed by atoms with Gasteiger partial charge in [0, 0.05) is 6.54 Å². The van der Waals surface area contributed by atoms with Gasteiger partial charge in [0.05, 0.1) is 0 Å². The molecule has 0 N–H and O–H groups in total. The molecule has 0 aromatic carbocycles. The summed E-state index contributed by atoms with van der Waals surface area (Å²) in [6, 6.07) is 0. The molecular formula is C7H18LiN. The van der Waals surface area contributed by atoms with Crippen LogP contribution in [0.25, 0.3) is 0 Å². The van der Waals surface area contributed by atoms with Gasteiger partial charge >= 0.3 is 18.9 Å². The average molecular weight is 123 g/mol. The first-order valence-electron chi connectivity index (χ1n) is 3.06. The molecule has 0 saturated carbocycles. The van der Waals surface area contributed by atoms with Gasteiger partial charge in [-0.3, -0.25) is 0 Å². The van der Waals surface area contributed by atoms with Crippen molar-refractivity contribution in [1.29, 1.82) is 0 Å². The van der Waals surface area contributed by atoms with Crippen LogP contribution < -0.4 is 18.9 Å². The summed E-state index contributed by atoms with van der Waals surface area (Å²) >= 11 is 0. The first-order valence-corrected chi connectivity index (χ1v) is 3.06. The molecule has 2 heteroatoms. The van der Waals surface area contributed by atoms with Gasteiger partial charge in [0.15, 0.2) is 0 Å². The van der Waals surface area contributed by atoms with Gasteiger partial charge in [0.1, 0.15) is 0 Å². The first-order chi connectivity index (χ1) is 3.42. The summed E-state index contributed by atoms with van der Waals surface area (Å²) in [5, 5.41) is 0. The quantitative estimate of drug-likeness (QED) is 0.392. The van der Waals surface area contributed by atoms with Gasteiger partial charge < -0.3 is 6.33 Å². The number of nitrogens with zero attached hydrogens (tertiary/aromatic N) is 1. The van der Waals surface area contributed by atoms with E-state index in [0.717, 1.165) is 6.54 Å². The van der Waals surface area contributed by atoms with Crippen LogP contribution in [-0.4, -0.2) is 25.5 Å². The van der Waals surface area contributed by atoms with Crippen LogP contribution in [0.5, 0.6) is 0 Å². The van der Waals surface area contributed by atoms with Gasteiger partial charge in [-0.1, -0.05) is 20.8 Å². The third-order valence-electron chi connectivity index (χ3n) is 0.791. The number of hydrogen-bond acceptors (Lipinski definition) is 1. The van der Waals surface area contributed by atoms with Crippen molar-refractivity contribution in [3.63, 3.8) is 0 Å². The summed E-state index contributed by atoms with van der Waals surface area (Å²) in [5.41, 5.74) is 0.448. The Morgan fingerprint density at radius 3 is 1.56 bits per heavy atom. The third-order valence-corrected chi connectivity index (χ3v) is 0.791. The van der Waals surface area contributed by atoms with Gasteiger partial charge in [-0.15, -0.1) is 0 Å². The van der Waals surface area contributed by atoms with Crippen molar-refractivity contribution in [3.05, 3.63) is 0 Å². The van der Waals surface area contributed by atoms with Gasteiger partial charge in [-0.25, -0.2) is 0 Å². The predicted octanol–water partition coefficient (Wildman–Crippen LogP) is -1.29. The van der Waals surface area contributed by atoms with Crippen LogP contribution in [-0.2, 0) is 0 Å². The van der Waals surface area contributed by atoms with Crippen molar-refractivity contribution in [2.75, 3.05) is 20.6 Å². The van der Waals surface area contributed by atoms with Crippen LogP contribution in [0.4, 0.5) is 0 Å². The molecule has 0 saturated heterocycles. The molecule has 0 bridgehead atoms. The molecule has 0 spiro atoms. The molecule has 0 aliphatic carbocycles. The normalized spacial score (nSPS) is 11.3. The van der Waals surface area contributed by atoms with E-state index in [1.165, 1.54) is 0 Å². The van der Waals surface area contributed by atoms with E-state index in [-0.39, 0.29) is 20.3 Å². The minimum atomic E-state index is 0. The fourth-order valence-corrected chi connectivity index (χ4v) is 0.949. The molecule has 0 amide bonds. The van der Waals surface area contributed by atoms with Crippen molar-refractivity contribution >= 4 is 0 Å². The largest absolute Gasteiger partial charge is 1.00 e. The van der Waals surface area contributed by atoms with Gasteiger partial charge in [-0.05, 0) is 19.5 Å². The summed E-state index contributed by atoms with van der Waals surface area (Å²) in [6.45, 7) is 7.89. The molecule has 0 radical (unpaired) electrons. The smallest absolute Gasteiger partial charge is 1.00 e. The Kier molecular flexibility index (Phi) is 5.97. The average Bonchev–Trinajstić information content (AvgIpc) is 1.21. The van der Waals surface area contributed by atoms with Crippen molar-refractivity contribution in [2.45, 2.75) is 20.8 Å². The zero-order chi connectivity index (χ0) is 6.78. The Balaban J connectivity index is -0.000000245. The maximum Gasteiger partial charge on any atom is 1.00 e. The summed E-state index contributed by atoms with van der Waals surface area (Å²) in [7, 11) is 4.20. The minimum absolute atomic E-state index is 0. The third kappa shape index (κ3) is 11.9. The van der Waals surface area contributed by atoms with E-state index < -0.39 is 0 Å². The summed E-state index contributed by atoms with van der Waals surface area (Å²) in [6.07, 6.45) is 0. The Labute approximate surface area is 72.5 Å². The van der Waals surface area contributed by atoms with Gasteiger partial charge in [0.2, 0.25) is 0 Å². The van der Waals surface area contributed by atoms with Crippen LogP contribution in [0.2, 0.25) is 0 Å². The molecule has 0 atom stereocenters. The predicted molar refractivity (Wildman–Crippen MR) is 39.1 cm³/mol. The molecule has 0 fully saturated rings. The van der Waals surface area contributed by atoms with Crippen LogP contribution in [0, 0.1) is 5.41 Å². The molecular weight excluding hydrogens is 105 g/mol. The maximum absolute atomic E-state index is 2.24. The van der Waals surface area contributed by atoms with Gasteiger partial charge in [0.25, 0.3) is 0 Å². The zero-order valence-electron chi connectivity index (χ0n) is 8.65. The maximum atomic E-state index is 2.24. The summed E-state index contributed by atoms with van der Waals surface area (Å²) in [4.78, 5) is 2.21. The molecule has 0 aliphatic heterocycles. The van der Waals surface area contributed by atoms with E-state index in [2.05, 4.69) is 39.8 Å². The van der Waals surface area contributed by atoms with Crippen molar-refractivity contribution in [1.82, 2.24) is 4.90 Å². The molecule has 0 aromatic rings. The summed E-state index contributed by atoms with van der Waals surface area (Å²) < 4.78 is 0. The van der Waals surface area contributed by atoms with E-state index >= 15 is 0 Å². The zero-order valence-corrected chi connectivity index (χ0v) is 7.65. The van der Waals surface area contributed by atoms with Crippen molar-refractivity contribution < 1.29 is 20.3 Å². The molecule has 0 aliphatic rings. The monoisotopic (exact) mass is 123 g/mol. The number of rotatable bonds is 1. The van der Waals surface area contributed by atoms with Crippen LogP contribution in [0.1, 0.15) is 22.2 Å². The van der Waals surface area contributed by atoms with E-state index in [0.29, 0.717) is 5.41 Å². The van der Waals surface area contributed by atoms with E-state index in [1.807, 2.05) is 0 Å². The molecule has 0 aromatic heterocycles. The fraction of sp³-hybridized carbons (Fsp3) is 1.00. The van der Waals surface area contributed by atoms with Crippen LogP contribution >= 0.6 is 0 Å². The topological polar surface area (TPSA) is 3.24 Å². The Hall–Kier alpha value is 0.557. The van der Waals surface area contributed by atoms with Crippen LogP contribution in [0.3, 0.4) is 0 Å². The fourth-order valence-electron chi connectivity index (χ4n) is 0.949. The summed E-state index contributed by atoms with van der Waals surface area (Å²) in [5.74, 6) is 0. The minimum Gasteiger partial charge on any atom is -1.00 e. The van der Waals surface area contributed by atoms with Crippen molar-refractivity contribution in [2.24, 2.45) is 5.41 Å². The molecule has 0 rings (SSSR count). The van der Waals surface area contributed by atoms with E-state index in [9.17, 15) is 0 Å². The molecule has 0 heterocycles. The van der Waals surface area contributed by atoms with E-state index in [4.69, 9.17) is 0 Å². The number of hydrogen-bond donors (Lipinski definition) is 0. The standard InChI is InChI=1S/C7H17N.Li.H/c1-7(2,3)6-8(4)5;;/h6H2,1-5H3;;/q;+1;-1. The second-order valence-electron chi connectivity index (χ2n) is 3.80. The Morgan fingerprint density at radius 2 is 1.56 bits per heavy atom. The first kappa shape index (κ1) is 12.3. The molecule has 9 heavy (non-hydrogen) atoms. The molecule has 0 unspecified atom stereocenters. The second-order valence-corrected chi connectivity index (χ2v) is 3.80. The SMILES string of the molecule is CN(C)CC(C)(C)C.[H-].[Li+]. The van der Waals surface area contributed by atoms with Gasteiger partial charge in [-0.2, -0.15) is 0 Å². The Bertz CT molecular complexity index is 68.5. The molecule has 1 nitrogen and oxygen atoms in total. The molecule has 52 valence electrons. The van der Waals surface area contributed by atoms with E-state index in [1.54, 1.807) is 0 Å². The van der Waals surface area contributed by atoms with Crippen molar-refractivity contribution in [3.8, 4) is 0 Å².